The summed E-state index contributed by atoms with van der Waals surface area (Å²) in [4.78, 5) is 12.2. The lowest BCUT2D eigenvalue weighted by atomic mass is 10.0. The lowest BCUT2D eigenvalue weighted by molar-refractivity contribution is -0.123. The van der Waals surface area contributed by atoms with Crippen molar-refractivity contribution in [3.05, 3.63) is 12.2 Å². The number of nitrogens with one attached hydrogen (secondary N) is 1. The second-order valence-electron chi connectivity index (χ2n) is 10.5. The van der Waals surface area contributed by atoms with Crippen LogP contribution in [0.3, 0.4) is 0 Å². The molecule has 35 heavy (non-hydrogen) atoms. The zero-order valence-electron chi connectivity index (χ0n) is 23.6. The summed E-state index contributed by atoms with van der Waals surface area (Å²) in [5, 5.41) is 22.9. The second kappa shape index (κ2) is 27.7. The lowest BCUT2D eigenvalue weighted by Gasteiger charge is -2.22. The molecular formula is C31H61NO3. The number of allylic oxidation sites excluding steroid dienone is 2. The first-order valence-corrected chi connectivity index (χ1v) is 15.4. The fourth-order valence-electron chi connectivity index (χ4n) is 4.57. The SMILES string of the molecule is CCCC/C=C\CCCCCCCC(=O)NC(CO)C(O)CCCCCCCCCCCCCC. The van der Waals surface area contributed by atoms with Crippen molar-refractivity contribution >= 4 is 5.91 Å². The minimum Gasteiger partial charge on any atom is -0.394 e. The summed E-state index contributed by atoms with van der Waals surface area (Å²) in [6.07, 6.45) is 31.1. The molecule has 0 rings (SSSR count). The van der Waals surface area contributed by atoms with Crippen LogP contribution in [0.25, 0.3) is 0 Å². The number of aliphatic hydroxyl groups excluding tert-OH is 2. The van der Waals surface area contributed by atoms with Crippen LogP contribution in [0.4, 0.5) is 0 Å². The molecule has 0 spiro atoms. The average Bonchev–Trinajstić information content (AvgIpc) is 2.86. The largest absolute Gasteiger partial charge is 0.394 e. The van der Waals surface area contributed by atoms with Gasteiger partial charge in [-0.1, -0.05) is 135 Å². The van der Waals surface area contributed by atoms with Crippen LogP contribution < -0.4 is 5.32 Å². The third-order valence-electron chi connectivity index (χ3n) is 7.03. The van der Waals surface area contributed by atoms with E-state index >= 15 is 0 Å². The van der Waals surface area contributed by atoms with Gasteiger partial charge < -0.3 is 15.5 Å². The van der Waals surface area contributed by atoms with Gasteiger partial charge in [-0.2, -0.15) is 0 Å². The number of carbonyl (C=O) groups is 1. The van der Waals surface area contributed by atoms with Crippen molar-refractivity contribution in [1.82, 2.24) is 5.32 Å². The highest BCUT2D eigenvalue weighted by molar-refractivity contribution is 5.76. The van der Waals surface area contributed by atoms with Crippen molar-refractivity contribution in [1.29, 1.82) is 0 Å². The molecule has 0 aromatic carbocycles. The third kappa shape index (κ3) is 24.6. The van der Waals surface area contributed by atoms with E-state index in [1.807, 2.05) is 0 Å². The highest BCUT2D eigenvalue weighted by atomic mass is 16.3. The Morgan fingerprint density at radius 1 is 0.657 bits per heavy atom. The molecule has 2 unspecified atom stereocenters. The minimum absolute atomic E-state index is 0.0448. The summed E-state index contributed by atoms with van der Waals surface area (Å²) < 4.78 is 0. The number of unbranched alkanes of at least 4 members (excludes halogenated alkanes) is 18. The Balaban J connectivity index is 3.62. The van der Waals surface area contributed by atoms with Crippen LogP contribution in [-0.2, 0) is 4.79 Å². The maximum atomic E-state index is 12.2. The number of hydrogen-bond donors (Lipinski definition) is 3. The first kappa shape index (κ1) is 34.1. The van der Waals surface area contributed by atoms with Gasteiger partial charge in [0.2, 0.25) is 5.91 Å². The van der Waals surface area contributed by atoms with Gasteiger partial charge in [0.15, 0.2) is 0 Å². The molecule has 0 aliphatic carbocycles. The van der Waals surface area contributed by atoms with E-state index in [0.29, 0.717) is 12.8 Å². The van der Waals surface area contributed by atoms with E-state index in [-0.39, 0.29) is 12.5 Å². The monoisotopic (exact) mass is 495 g/mol. The van der Waals surface area contributed by atoms with Gasteiger partial charge in [0, 0.05) is 6.42 Å². The molecule has 3 N–H and O–H groups in total. The molecular weight excluding hydrogens is 434 g/mol. The van der Waals surface area contributed by atoms with Gasteiger partial charge in [-0.15, -0.1) is 0 Å². The maximum absolute atomic E-state index is 12.2. The molecule has 0 saturated carbocycles. The molecule has 4 nitrogen and oxygen atoms in total. The van der Waals surface area contributed by atoms with Gasteiger partial charge in [-0.05, 0) is 32.1 Å². The van der Waals surface area contributed by atoms with E-state index in [9.17, 15) is 15.0 Å². The normalized spacial score (nSPS) is 13.4. The van der Waals surface area contributed by atoms with Crippen molar-refractivity contribution in [2.24, 2.45) is 0 Å². The molecule has 2 atom stereocenters. The van der Waals surface area contributed by atoms with Crippen LogP contribution >= 0.6 is 0 Å². The van der Waals surface area contributed by atoms with E-state index in [0.717, 1.165) is 25.7 Å². The van der Waals surface area contributed by atoms with Crippen LogP contribution in [0.1, 0.15) is 162 Å². The van der Waals surface area contributed by atoms with Gasteiger partial charge in [0.25, 0.3) is 0 Å². The van der Waals surface area contributed by atoms with Crippen LogP contribution in [0.15, 0.2) is 12.2 Å². The van der Waals surface area contributed by atoms with Crippen LogP contribution in [0, 0.1) is 0 Å². The highest BCUT2D eigenvalue weighted by Crippen LogP contribution is 2.14. The molecule has 0 saturated heterocycles. The zero-order valence-corrected chi connectivity index (χ0v) is 23.6. The van der Waals surface area contributed by atoms with E-state index in [2.05, 4.69) is 31.3 Å². The first-order chi connectivity index (χ1) is 17.2. The predicted molar refractivity (Wildman–Crippen MR) is 152 cm³/mol. The molecule has 0 aromatic heterocycles. The Hall–Kier alpha value is -0.870. The Kier molecular flexibility index (Phi) is 27.0. The maximum Gasteiger partial charge on any atom is 0.220 e. The molecule has 0 fully saturated rings. The quantitative estimate of drug-likeness (QED) is 0.0791. The van der Waals surface area contributed by atoms with Crippen molar-refractivity contribution in [2.75, 3.05) is 6.61 Å². The predicted octanol–water partition coefficient (Wildman–Crippen LogP) is 8.39. The fourth-order valence-corrected chi connectivity index (χ4v) is 4.57. The molecule has 0 aromatic rings. The minimum atomic E-state index is -0.655. The fraction of sp³-hybridized carbons (Fsp3) is 0.903. The van der Waals surface area contributed by atoms with Gasteiger partial charge in [0.05, 0.1) is 18.8 Å². The summed E-state index contributed by atoms with van der Waals surface area (Å²) in [6, 6.07) is -0.533. The third-order valence-corrected chi connectivity index (χ3v) is 7.03. The van der Waals surface area contributed by atoms with Gasteiger partial charge in [0.1, 0.15) is 0 Å². The molecule has 0 heterocycles. The first-order valence-electron chi connectivity index (χ1n) is 15.4. The average molecular weight is 496 g/mol. The van der Waals surface area contributed by atoms with Gasteiger partial charge in [-0.25, -0.2) is 0 Å². The Bertz CT molecular complexity index is 466. The lowest BCUT2D eigenvalue weighted by Crippen LogP contribution is -2.45. The Morgan fingerprint density at radius 3 is 1.66 bits per heavy atom. The summed E-state index contributed by atoms with van der Waals surface area (Å²) in [5.74, 6) is -0.0448. The molecule has 0 aliphatic heterocycles. The summed E-state index contributed by atoms with van der Waals surface area (Å²) in [5.41, 5.74) is 0. The molecule has 4 heteroatoms. The van der Waals surface area contributed by atoms with Crippen molar-refractivity contribution < 1.29 is 15.0 Å². The van der Waals surface area contributed by atoms with Gasteiger partial charge >= 0.3 is 0 Å². The van der Waals surface area contributed by atoms with Crippen LogP contribution in [0.2, 0.25) is 0 Å². The van der Waals surface area contributed by atoms with Crippen molar-refractivity contribution in [3.63, 3.8) is 0 Å². The van der Waals surface area contributed by atoms with E-state index < -0.39 is 12.1 Å². The van der Waals surface area contributed by atoms with E-state index in [4.69, 9.17) is 0 Å². The standard InChI is InChI=1S/C31H61NO3/c1-3-5-7-9-11-13-15-17-18-20-22-24-26-30(34)29(28-33)32-31(35)27-25-23-21-19-16-14-12-10-8-6-4-2/h10,12,29-30,33-34H,3-9,11,13-28H2,1-2H3,(H,32,35)/b12-10-. The van der Waals surface area contributed by atoms with Crippen LogP contribution in [0.5, 0.6) is 0 Å². The molecule has 208 valence electrons. The summed E-state index contributed by atoms with van der Waals surface area (Å²) in [7, 11) is 0. The molecule has 0 radical (unpaired) electrons. The number of rotatable bonds is 27. The number of amides is 1. The van der Waals surface area contributed by atoms with Crippen molar-refractivity contribution in [3.8, 4) is 0 Å². The Labute approximate surface area is 218 Å². The van der Waals surface area contributed by atoms with E-state index in [1.165, 1.54) is 109 Å². The number of hydrogen-bond acceptors (Lipinski definition) is 3. The van der Waals surface area contributed by atoms with Crippen molar-refractivity contribution in [2.45, 2.75) is 174 Å². The summed E-state index contributed by atoms with van der Waals surface area (Å²) >= 11 is 0. The number of carbonyl (C=O) groups excluding carboxylic acids is 1. The molecule has 0 aliphatic rings. The second-order valence-corrected chi connectivity index (χ2v) is 10.5. The van der Waals surface area contributed by atoms with Crippen LogP contribution in [-0.4, -0.2) is 34.9 Å². The number of aliphatic hydroxyl groups is 2. The highest BCUT2D eigenvalue weighted by Gasteiger charge is 2.19. The smallest absolute Gasteiger partial charge is 0.220 e. The molecule has 1 amide bonds. The van der Waals surface area contributed by atoms with E-state index in [1.54, 1.807) is 0 Å². The summed E-state index contributed by atoms with van der Waals surface area (Å²) in [6.45, 7) is 4.29. The topological polar surface area (TPSA) is 69.6 Å². The Morgan fingerprint density at radius 2 is 1.11 bits per heavy atom. The van der Waals surface area contributed by atoms with Gasteiger partial charge in [-0.3, -0.25) is 4.79 Å². The zero-order chi connectivity index (χ0) is 25.8. The molecule has 0 bridgehead atoms.